The first-order chi connectivity index (χ1) is 15.5. The van der Waals surface area contributed by atoms with E-state index < -0.39 is 16.1 Å². The second-order valence-electron chi connectivity index (χ2n) is 8.32. The zero-order valence-corrected chi connectivity index (χ0v) is 19.2. The number of fused-ring (bicyclic) bond motifs is 1. The average molecular weight is 455 g/mol. The number of carbonyl (C=O) groups excluding carboxylic acids is 1. The number of rotatable bonds is 8. The Hall–Kier alpha value is -2.87. The second kappa shape index (κ2) is 9.73. The van der Waals surface area contributed by atoms with E-state index in [2.05, 4.69) is 39.0 Å². The van der Waals surface area contributed by atoms with Crippen molar-refractivity contribution < 1.29 is 13.2 Å². The highest BCUT2D eigenvalue weighted by Gasteiger charge is 2.31. The Labute approximate surface area is 190 Å². The molecule has 0 aliphatic carbocycles. The fourth-order valence-corrected chi connectivity index (χ4v) is 5.38. The van der Waals surface area contributed by atoms with Crippen molar-refractivity contribution in [3.63, 3.8) is 0 Å². The van der Waals surface area contributed by atoms with Crippen molar-refractivity contribution in [2.45, 2.75) is 56.5 Å². The minimum atomic E-state index is -3.63. The first-order valence-electron chi connectivity index (χ1n) is 11.3. The summed E-state index contributed by atoms with van der Waals surface area (Å²) in [5.41, 5.74) is 2.76. The number of hydrogen-bond donors (Lipinski definition) is 2. The summed E-state index contributed by atoms with van der Waals surface area (Å²) in [5.74, 6) is 0.0463. The SMILES string of the molecule is CCCCC(N=C1NS(=O)(=O)c2ccccc21)C(=O)NCc1ccc(N2CCCC2)cc1. The van der Waals surface area contributed by atoms with Crippen molar-refractivity contribution in [2.24, 2.45) is 4.99 Å². The van der Waals surface area contributed by atoms with Gasteiger partial charge in [0.15, 0.2) is 0 Å². The van der Waals surface area contributed by atoms with Crippen LogP contribution in [-0.2, 0) is 21.4 Å². The van der Waals surface area contributed by atoms with Gasteiger partial charge in [0.2, 0.25) is 5.91 Å². The van der Waals surface area contributed by atoms with Crippen molar-refractivity contribution in [3.8, 4) is 0 Å². The molecule has 2 aromatic carbocycles. The lowest BCUT2D eigenvalue weighted by atomic mass is 10.1. The van der Waals surface area contributed by atoms with Gasteiger partial charge in [0.25, 0.3) is 10.0 Å². The Morgan fingerprint density at radius 2 is 1.84 bits per heavy atom. The molecule has 7 nitrogen and oxygen atoms in total. The molecule has 2 N–H and O–H groups in total. The van der Waals surface area contributed by atoms with Gasteiger partial charge in [0.1, 0.15) is 11.9 Å². The van der Waals surface area contributed by atoms with Crippen LogP contribution in [0, 0.1) is 0 Å². The molecule has 4 rings (SSSR count). The highest BCUT2D eigenvalue weighted by atomic mass is 32.2. The van der Waals surface area contributed by atoms with Crippen molar-refractivity contribution in [1.82, 2.24) is 10.0 Å². The van der Waals surface area contributed by atoms with Gasteiger partial charge in [0.05, 0.1) is 4.90 Å². The fourth-order valence-electron chi connectivity index (χ4n) is 4.14. The number of benzene rings is 2. The molecule has 1 saturated heterocycles. The van der Waals surface area contributed by atoms with Crippen molar-refractivity contribution in [3.05, 3.63) is 59.7 Å². The highest BCUT2D eigenvalue weighted by molar-refractivity contribution is 7.90. The van der Waals surface area contributed by atoms with Gasteiger partial charge in [-0.3, -0.25) is 14.5 Å². The quantitative estimate of drug-likeness (QED) is 0.641. The molecular formula is C24H30N4O3S. The predicted molar refractivity (Wildman–Crippen MR) is 126 cm³/mol. The summed E-state index contributed by atoms with van der Waals surface area (Å²) in [4.78, 5) is 20.1. The van der Waals surface area contributed by atoms with E-state index in [1.54, 1.807) is 24.3 Å². The van der Waals surface area contributed by atoms with Gasteiger partial charge in [-0.15, -0.1) is 0 Å². The molecule has 8 heteroatoms. The number of nitrogens with one attached hydrogen (secondary N) is 2. The molecule has 1 amide bonds. The number of hydrogen-bond acceptors (Lipinski definition) is 5. The summed E-state index contributed by atoms with van der Waals surface area (Å²) < 4.78 is 27.2. The van der Waals surface area contributed by atoms with Crippen LogP contribution in [0.5, 0.6) is 0 Å². The molecule has 1 atom stereocenters. The van der Waals surface area contributed by atoms with E-state index in [1.165, 1.54) is 18.5 Å². The first kappa shape index (κ1) is 22.3. The average Bonchev–Trinajstić information content (AvgIpc) is 3.42. The summed E-state index contributed by atoms with van der Waals surface area (Å²) >= 11 is 0. The van der Waals surface area contributed by atoms with Crippen LogP contribution in [-0.4, -0.2) is 39.3 Å². The van der Waals surface area contributed by atoms with Crippen molar-refractivity contribution in [1.29, 1.82) is 0 Å². The molecule has 2 aliphatic rings. The number of nitrogens with zero attached hydrogens (tertiary/aromatic N) is 2. The first-order valence-corrected chi connectivity index (χ1v) is 12.8. The zero-order chi connectivity index (χ0) is 22.6. The van der Waals surface area contributed by atoms with E-state index in [0.29, 0.717) is 18.5 Å². The monoisotopic (exact) mass is 454 g/mol. The molecule has 2 aliphatic heterocycles. The Kier molecular flexibility index (Phi) is 6.79. The number of amidine groups is 1. The molecule has 0 bridgehead atoms. The Bertz CT molecular complexity index is 1090. The largest absolute Gasteiger partial charge is 0.372 e. The van der Waals surface area contributed by atoms with E-state index in [9.17, 15) is 13.2 Å². The maximum atomic E-state index is 13.0. The van der Waals surface area contributed by atoms with Crippen LogP contribution in [0.15, 0.2) is 58.4 Å². The van der Waals surface area contributed by atoms with Crippen LogP contribution in [0.3, 0.4) is 0 Å². The van der Waals surface area contributed by atoms with E-state index in [1.807, 2.05) is 12.1 Å². The number of sulfonamides is 1. The third kappa shape index (κ3) is 4.96. The van der Waals surface area contributed by atoms with E-state index in [-0.39, 0.29) is 16.6 Å². The summed E-state index contributed by atoms with van der Waals surface area (Å²) in [6.45, 7) is 4.66. The minimum absolute atomic E-state index is 0.196. The van der Waals surface area contributed by atoms with Gasteiger partial charge in [-0.05, 0) is 49.1 Å². The van der Waals surface area contributed by atoms with Gasteiger partial charge < -0.3 is 10.2 Å². The Morgan fingerprint density at radius 1 is 1.12 bits per heavy atom. The molecule has 1 fully saturated rings. The smallest absolute Gasteiger partial charge is 0.263 e. The standard InChI is InChI=1S/C24H30N4O3S/c1-2-3-9-21(26-23-20-8-4-5-10-22(20)32(30,31)27-23)24(29)25-17-18-11-13-19(14-12-18)28-15-6-7-16-28/h4-5,8,10-14,21H,2-3,6-7,9,15-17H2,1H3,(H,25,29)(H,26,27). The fraction of sp³-hybridized carbons (Fsp3) is 0.417. The van der Waals surface area contributed by atoms with Crippen molar-refractivity contribution >= 4 is 27.5 Å². The molecule has 170 valence electrons. The number of aliphatic imine (C=N–C) groups is 1. The minimum Gasteiger partial charge on any atom is -0.372 e. The molecule has 0 spiro atoms. The molecule has 1 unspecified atom stereocenters. The van der Waals surface area contributed by atoms with Crippen LogP contribution in [0.1, 0.15) is 50.2 Å². The number of amides is 1. The normalized spacial score (nSPS) is 18.9. The molecule has 0 aromatic heterocycles. The zero-order valence-electron chi connectivity index (χ0n) is 18.4. The van der Waals surface area contributed by atoms with Crippen LogP contribution < -0.4 is 14.9 Å². The lowest BCUT2D eigenvalue weighted by Crippen LogP contribution is -2.35. The van der Waals surface area contributed by atoms with Gasteiger partial charge in [0, 0.05) is 30.9 Å². The Morgan fingerprint density at radius 3 is 2.56 bits per heavy atom. The summed E-state index contributed by atoms with van der Waals surface area (Å²) in [7, 11) is -3.63. The summed E-state index contributed by atoms with van der Waals surface area (Å²) in [6, 6.07) is 14.3. The Balaban J connectivity index is 1.45. The molecule has 0 saturated carbocycles. The maximum absolute atomic E-state index is 13.0. The van der Waals surface area contributed by atoms with Crippen LogP contribution in [0.25, 0.3) is 0 Å². The van der Waals surface area contributed by atoms with Gasteiger partial charge in [-0.1, -0.05) is 44.0 Å². The number of unbranched alkanes of at least 4 members (excludes halogenated alkanes) is 1. The molecule has 2 heterocycles. The topological polar surface area (TPSA) is 90.9 Å². The summed E-state index contributed by atoms with van der Waals surface area (Å²) in [6.07, 6.45) is 4.78. The van der Waals surface area contributed by atoms with Gasteiger partial charge >= 0.3 is 0 Å². The van der Waals surface area contributed by atoms with Crippen molar-refractivity contribution in [2.75, 3.05) is 18.0 Å². The van der Waals surface area contributed by atoms with Crippen LogP contribution in [0.2, 0.25) is 0 Å². The van der Waals surface area contributed by atoms with Crippen LogP contribution in [0.4, 0.5) is 5.69 Å². The molecular weight excluding hydrogens is 424 g/mol. The van der Waals surface area contributed by atoms with E-state index in [4.69, 9.17) is 0 Å². The van der Waals surface area contributed by atoms with Gasteiger partial charge in [-0.2, -0.15) is 0 Å². The van der Waals surface area contributed by atoms with Gasteiger partial charge in [-0.25, -0.2) is 8.42 Å². The predicted octanol–water partition coefficient (Wildman–Crippen LogP) is 3.20. The van der Waals surface area contributed by atoms with E-state index >= 15 is 0 Å². The number of anilines is 1. The molecule has 2 aromatic rings. The summed E-state index contributed by atoms with van der Waals surface area (Å²) in [5, 5.41) is 2.98. The lowest BCUT2D eigenvalue weighted by molar-refractivity contribution is -0.122. The molecule has 0 radical (unpaired) electrons. The third-order valence-corrected chi connectivity index (χ3v) is 7.35. The lowest BCUT2D eigenvalue weighted by Gasteiger charge is -2.18. The second-order valence-corrected chi connectivity index (χ2v) is 9.97. The van der Waals surface area contributed by atoms with Crippen LogP contribution >= 0.6 is 0 Å². The molecule has 32 heavy (non-hydrogen) atoms. The maximum Gasteiger partial charge on any atom is 0.263 e. The third-order valence-electron chi connectivity index (χ3n) is 5.96. The highest BCUT2D eigenvalue weighted by Crippen LogP contribution is 2.23. The number of carbonyl (C=O) groups is 1. The van der Waals surface area contributed by atoms with E-state index in [0.717, 1.165) is 31.5 Å².